The van der Waals surface area contributed by atoms with Gasteiger partial charge in [-0.2, -0.15) is 6.17 Å². The number of aliphatic imine (C=N–C) groups is 1. The van der Waals surface area contributed by atoms with Gasteiger partial charge < -0.3 is 11.1 Å². The molecule has 0 saturated carbocycles. The zero-order valence-corrected chi connectivity index (χ0v) is 18.6. The van der Waals surface area contributed by atoms with E-state index < -0.39 is 0 Å². The molecule has 0 bridgehead atoms. The van der Waals surface area contributed by atoms with E-state index >= 15 is 0 Å². The smallest absolute Gasteiger partial charge is 0.0838 e. The Bertz CT molecular complexity index is 658. The van der Waals surface area contributed by atoms with E-state index in [1.54, 1.807) is 12.3 Å². The van der Waals surface area contributed by atoms with Crippen LogP contribution in [0.4, 0.5) is 0 Å². The van der Waals surface area contributed by atoms with Crippen molar-refractivity contribution in [2.75, 3.05) is 6.26 Å². The molecule has 0 unspecified atom stereocenters. The summed E-state index contributed by atoms with van der Waals surface area (Å²) in [6.45, 7) is 2.30. The van der Waals surface area contributed by atoms with E-state index in [0.29, 0.717) is 27.9 Å². The third kappa shape index (κ3) is 6.48. The van der Waals surface area contributed by atoms with Crippen LogP contribution < -0.4 is 0 Å². The quantitative estimate of drug-likeness (QED) is 0.318. The van der Waals surface area contributed by atoms with Crippen LogP contribution in [0.2, 0.25) is 5.02 Å². The van der Waals surface area contributed by atoms with Gasteiger partial charge in [-0.3, -0.25) is 22.2 Å². The van der Waals surface area contributed by atoms with Crippen LogP contribution in [0.3, 0.4) is 0 Å². The van der Waals surface area contributed by atoms with Gasteiger partial charge >= 0.3 is 0 Å². The second-order valence-corrected chi connectivity index (χ2v) is 4.99. The first-order valence-electron chi connectivity index (χ1n) is 6.07. The molecule has 2 heterocycles. The SMILES string of the molecule is [3H]c1n[c-]c[c-]c1C(=NCc1ncc(C)cc1Cl)SC.[U].[V]. The van der Waals surface area contributed by atoms with Crippen molar-refractivity contribution in [2.45, 2.75) is 13.5 Å². The van der Waals surface area contributed by atoms with Crippen LogP contribution in [0.15, 0.2) is 29.5 Å². The molecule has 2 aromatic rings. The van der Waals surface area contributed by atoms with Crippen LogP contribution >= 0.6 is 23.4 Å². The van der Waals surface area contributed by atoms with Gasteiger partial charge in [-0.05, 0) is 24.8 Å². The van der Waals surface area contributed by atoms with E-state index in [1.807, 2.05) is 19.2 Å². The number of halogens is 1. The van der Waals surface area contributed by atoms with Gasteiger partial charge in [-0.25, -0.2) is 5.56 Å². The summed E-state index contributed by atoms with van der Waals surface area (Å²) in [4.78, 5) is 12.5. The normalized spacial score (nSPS) is 11.2. The second-order valence-electron chi connectivity index (χ2n) is 3.78. The number of hydrogen-bond acceptors (Lipinski definition) is 4. The van der Waals surface area contributed by atoms with Gasteiger partial charge in [-0.15, -0.1) is 11.8 Å². The predicted molar refractivity (Wildman–Crippen MR) is 79.6 cm³/mol. The van der Waals surface area contributed by atoms with Gasteiger partial charge in [0.05, 0.1) is 22.3 Å². The molecule has 2 rings (SSSR count). The molecular formula is C14H12ClN3SUV-2. The fraction of sp³-hybridized carbons (Fsp3) is 0.214. The maximum atomic E-state index is 7.75. The molecule has 0 spiro atoms. The van der Waals surface area contributed by atoms with Gasteiger partial charge in [0.25, 0.3) is 0 Å². The zero-order valence-electron chi connectivity index (χ0n) is 12.5. The minimum absolute atomic E-state index is 0. The third-order valence-corrected chi connectivity index (χ3v) is 3.39. The Morgan fingerprint density at radius 1 is 1.57 bits per heavy atom. The summed E-state index contributed by atoms with van der Waals surface area (Å²) in [5.41, 5.74) is 2.29. The number of hydrogen-bond donors (Lipinski definition) is 0. The Morgan fingerprint density at radius 3 is 2.95 bits per heavy atom. The monoisotopic (exact) mass is 580 g/mol. The average molecular weight is 581 g/mol. The summed E-state index contributed by atoms with van der Waals surface area (Å²) >= 11 is 7.57. The first-order valence-corrected chi connectivity index (χ1v) is 7.17. The molecule has 3 nitrogen and oxygen atoms in total. The van der Waals surface area contributed by atoms with Gasteiger partial charge in [0.2, 0.25) is 0 Å². The molecule has 0 saturated heterocycles. The summed E-state index contributed by atoms with van der Waals surface area (Å²) in [7, 11) is 0. The van der Waals surface area contributed by atoms with Crippen LogP contribution in [0.5, 0.6) is 0 Å². The Hall–Kier alpha value is 0.246. The van der Waals surface area contributed by atoms with E-state index in [-0.39, 0.29) is 55.8 Å². The van der Waals surface area contributed by atoms with Crippen LogP contribution in [0.25, 0.3) is 0 Å². The minimum atomic E-state index is 0. The molecule has 0 N–H and O–H groups in total. The van der Waals surface area contributed by atoms with Crippen molar-refractivity contribution in [1.82, 2.24) is 9.97 Å². The number of pyridine rings is 2. The number of aromatic nitrogens is 2. The Kier molecular flexibility index (Phi) is 10.0. The molecule has 0 aliphatic heterocycles. The molecule has 0 atom stereocenters. The summed E-state index contributed by atoms with van der Waals surface area (Å²) in [6, 6.07) is 6.35. The van der Waals surface area contributed by atoms with Crippen molar-refractivity contribution in [3.05, 3.63) is 58.6 Å². The second kappa shape index (κ2) is 10.9. The molecule has 107 valence electrons. The summed E-state index contributed by atoms with van der Waals surface area (Å²) in [5.74, 6) is 0. The van der Waals surface area contributed by atoms with E-state index in [0.717, 1.165) is 5.56 Å². The Morgan fingerprint density at radius 2 is 2.33 bits per heavy atom. The van der Waals surface area contributed by atoms with Crippen LogP contribution in [-0.2, 0) is 25.1 Å². The molecule has 7 heteroatoms. The van der Waals surface area contributed by atoms with E-state index in [2.05, 4.69) is 27.2 Å². The summed E-state index contributed by atoms with van der Waals surface area (Å²) < 4.78 is 7.75. The first-order chi connectivity index (χ1) is 9.61. The van der Waals surface area contributed by atoms with Crippen LogP contribution in [0.1, 0.15) is 18.2 Å². The van der Waals surface area contributed by atoms with Gasteiger partial charge in [0, 0.05) is 55.9 Å². The molecule has 0 aliphatic rings. The topological polar surface area (TPSA) is 38.1 Å². The number of thioether (sulfide) groups is 1. The molecule has 0 fully saturated rings. The molecule has 0 amide bonds. The maximum absolute atomic E-state index is 7.75. The largest absolute Gasteiger partial charge is 0.528 e. The fourth-order valence-electron chi connectivity index (χ4n) is 1.44. The standard InChI is InChI=1S/C14H12ClN3S.U.V/c1-10-6-12(15)13(17-7-10)9-18-14(19-2)11-4-3-5-16-8-11;;/h3,6-8H,9H2,1-2H3;;/q-2;;/i8T;;. The van der Waals surface area contributed by atoms with E-state index in [9.17, 15) is 0 Å². The molecule has 21 heavy (non-hydrogen) atoms. The summed E-state index contributed by atoms with van der Waals surface area (Å²) in [6.07, 6.45) is 6.35. The molecule has 0 aliphatic carbocycles. The number of rotatable bonds is 3. The number of aryl methyl sites for hydroxylation is 1. The fourth-order valence-corrected chi connectivity index (χ4v) is 2.22. The van der Waals surface area contributed by atoms with Crippen molar-refractivity contribution in [1.29, 1.82) is 0 Å². The van der Waals surface area contributed by atoms with Crippen LogP contribution in [0, 0.1) is 50.3 Å². The predicted octanol–water partition coefficient (Wildman–Crippen LogP) is 3.35. The van der Waals surface area contributed by atoms with Gasteiger partial charge in [0.15, 0.2) is 0 Å². The Labute approximate surface area is 171 Å². The van der Waals surface area contributed by atoms with Crippen molar-refractivity contribution in [2.24, 2.45) is 4.99 Å². The average Bonchev–Trinajstić information content (AvgIpc) is 2.43. The molecule has 2 aromatic heterocycles. The molecular weight excluding hydrogens is 567 g/mol. The minimum Gasteiger partial charge on any atom is -0.528 e. The zero-order chi connectivity index (χ0) is 14.5. The Balaban J connectivity index is 0.00000220. The van der Waals surface area contributed by atoms with Crippen molar-refractivity contribution < 1.29 is 51.0 Å². The first kappa shape index (κ1) is 19.3. The van der Waals surface area contributed by atoms with E-state index in [4.69, 9.17) is 13.0 Å². The molecule has 0 aromatic carbocycles. The summed E-state index contributed by atoms with van der Waals surface area (Å²) in [5, 5.41) is 1.29. The van der Waals surface area contributed by atoms with Crippen molar-refractivity contribution in [3.63, 3.8) is 0 Å². The van der Waals surface area contributed by atoms with Crippen LogP contribution in [-0.4, -0.2) is 21.3 Å². The number of nitrogens with zero attached hydrogens (tertiary/aromatic N) is 3. The molecule has 1 radical (unpaired) electrons. The van der Waals surface area contributed by atoms with Gasteiger partial charge in [0.1, 0.15) is 0 Å². The van der Waals surface area contributed by atoms with Gasteiger partial charge in [-0.1, -0.05) is 13.0 Å². The maximum Gasteiger partial charge on any atom is 0.0838 e. The third-order valence-electron chi connectivity index (χ3n) is 2.35. The van der Waals surface area contributed by atoms with Crippen molar-refractivity contribution in [3.8, 4) is 0 Å². The van der Waals surface area contributed by atoms with Crippen molar-refractivity contribution >= 4 is 28.4 Å². The van der Waals surface area contributed by atoms with E-state index in [1.165, 1.54) is 11.8 Å².